The van der Waals surface area contributed by atoms with Crippen LogP contribution in [0.5, 0.6) is 0 Å². The van der Waals surface area contributed by atoms with Crippen molar-refractivity contribution in [3.8, 4) is 45.5 Å². The molecule has 0 aliphatic heterocycles. The van der Waals surface area contributed by atoms with Crippen molar-refractivity contribution in [3.63, 3.8) is 0 Å². The zero-order valence-corrected chi connectivity index (χ0v) is 23.9. The molecular weight excluding hydrogens is 549 g/mol. The Morgan fingerprint density at radius 3 is 1.81 bits per heavy atom. The Balaban J connectivity index is 1.41. The molecule has 0 aliphatic rings. The molecule has 4 heteroatoms. The van der Waals surface area contributed by atoms with Crippen molar-refractivity contribution >= 4 is 63.0 Å². The first-order chi connectivity index (χ1) is 20.7. The SMILES string of the molecule is N#Cc1ccccc1-c1cc(-c2ccc3c(c2)sc2ccccc23)cc(-c2ccc3sc4ccccc4c3c2)c1C#N. The number of benzene rings is 6. The molecule has 2 nitrogen and oxygen atoms in total. The quantitative estimate of drug-likeness (QED) is 0.213. The molecule has 0 fully saturated rings. The van der Waals surface area contributed by atoms with Gasteiger partial charge in [0.1, 0.15) is 6.07 Å². The molecule has 6 aromatic carbocycles. The van der Waals surface area contributed by atoms with Crippen molar-refractivity contribution in [3.05, 3.63) is 132 Å². The molecule has 0 bridgehead atoms. The third-order valence-electron chi connectivity index (χ3n) is 7.99. The molecule has 0 spiro atoms. The van der Waals surface area contributed by atoms with Gasteiger partial charge in [-0.2, -0.15) is 10.5 Å². The topological polar surface area (TPSA) is 47.6 Å². The summed E-state index contributed by atoms with van der Waals surface area (Å²) in [6, 6.07) is 46.7. The predicted octanol–water partition coefficient (Wildman–Crippen LogP) is 11.2. The van der Waals surface area contributed by atoms with E-state index in [9.17, 15) is 10.5 Å². The lowest BCUT2D eigenvalue weighted by Gasteiger charge is -2.15. The van der Waals surface area contributed by atoms with E-state index in [1.165, 1.54) is 40.3 Å². The fourth-order valence-electron chi connectivity index (χ4n) is 5.98. The van der Waals surface area contributed by atoms with Crippen LogP contribution in [0.15, 0.2) is 121 Å². The molecule has 0 atom stereocenters. The van der Waals surface area contributed by atoms with Gasteiger partial charge in [-0.3, -0.25) is 0 Å². The largest absolute Gasteiger partial charge is 0.192 e. The highest BCUT2D eigenvalue weighted by Gasteiger charge is 2.19. The molecule has 0 amide bonds. The summed E-state index contributed by atoms with van der Waals surface area (Å²) in [5.41, 5.74) is 6.62. The second-order valence-corrected chi connectivity index (χ2v) is 12.5. The summed E-state index contributed by atoms with van der Waals surface area (Å²) in [6.07, 6.45) is 0. The zero-order chi connectivity index (χ0) is 28.2. The zero-order valence-electron chi connectivity index (χ0n) is 22.3. The fraction of sp³-hybridized carbons (Fsp3) is 0. The van der Waals surface area contributed by atoms with Crippen LogP contribution >= 0.6 is 22.7 Å². The van der Waals surface area contributed by atoms with Crippen LogP contribution in [0, 0.1) is 22.7 Å². The van der Waals surface area contributed by atoms with Crippen LogP contribution in [0.2, 0.25) is 0 Å². The average molecular weight is 569 g/mol. The molecule has 0 saturated heterocycles. The van der Waals surface area contributed by atoms with Crippen LogP contribution in [-0.2, 0) is 0 Å². The normalized spacial score (nSPS) is 11.3. The summed E-state index contributed by atoms with van der Waals surface area (Å²) >= 11 is 3.58. The lowest BCUT2D eigenvalue weighted by molar-refractivity contribution is 1.45. The summed E-state index contributed by atoms with van der Waals surface area (Å²) in [6.45, 7) is 0. The standard InChI is InChI=1S/C38H20N2S2/c39-21-25-7-1-2-8-27(25)32-19-26(23-13-15-30-28-9-3-5-11-35(28)42-38(30)20-23)18-31(34(32)22-40)24-14-16-37-33(17-24)29-10-4-6-12-36(29)41-37/h1-20H. The lowest BCUT2D eigenvalue weighted by atomic mass is 9.86. The van der Waals surface area contributed by atoms with Gasteiger partial charge in [-0.25, -0.2) is 0 Å². The van der Waals surface area contributed by atoms with Crippen molar-refractivity contribution in [2.24, 2.45) is 0 Å². The molecule has 42 heavy (non-hydrogen) atoms. The molecule has 0 radical (unpaired) electrons. The van der Waals surface area contributed by atoms with Crippen LogP contribution in [-0.4, -0.2) is 0 Å². The molecule has 0 saturated carbocycles. The first-order valence-electron chi connectivity index (χ1n) is 13.6. The van der Waals surface area contributed by atoms with E-state index >= 15 is 0 Å². The van der Waals surface area contributed by atoms with Crippen LogP contribution < -0.4 is 0 Å². The molecule has 2 aromatic heterocycles. The van der Waals surface area contributed by atoms with Gasteiger partial charge in [-0.05, 0) is 65.2 Å². The molecule has 8 rings (SSSR count). The number of fused-ring (bicyclic) bond motifs is 6. The van der Waals surface area contributed by atoms with E-state index in [4.69, 9.17) is 0 Å². The van der Waals surface area contributed by atoms with Gasteiger partial charge in [0.05, 0.1) is 17.2 Å². The van der Waals surface area contributed by atoms with E-state index in [-0.39, 0.29) is 0 Å². The van der Waals surface area contributed by atoms with E-state index in [1.54, 1.807) is 22.7 Å². The van der Waals surface area contributed by atoms with E-state index in [0.29, 0.717) is 11.1 Å². The third kappa shape index (κ3) is 3.82. The number of hydrogen-bond acceptors (Lipinski definition) is 4. The van der Waals surface area contributed by atoms with Crippen molar-refractivity contribution < 1.29 is 0 Å². The predicted molar refractivity (Wildman–Crippen MR) is 178 cm³/mol. The second kappa shape index (κ2) is 9.68. The maximum Gasteiger partial charge on any atom is 0.100 e. The fourth-order valence-corrected chi connectivity index (χ4v) is 8.22. The van der Waals surface area contributed by atoms with Crippen molar-refractivity contribution in [2.75, 3.05) is 0 Å². The summed E-state index contributed by atoms with van der Waals surface area (Å²) in [5, 5.41) is 25.5. The molecule has 194 valence electrons. The van der Waals surface area contributed by atoms with E-state index in [1.807, 2.05) is 24.3 Å². The summed E-state index contributed by atoms with van der Waals surface area (Å²) in [4.78, 5) is 0. The molecule has 0 unspecified atom stereocenters. The molecular formula is C38H20N2S2. The Labute approximate surface area is 250 Å². The van der Waals surface area contributed by atoms with Gasteiger partial charge in [0.25, 0.3) is 0 Å². The summed E-state index contributed by atoms with van der Waals surface area (Å²) in [5.74, 6) is 0. The maximum absolute atomic E-state index is 10.6. The van der Waals surface area contributed by atoms with Crippen LogP contribution in [0.4, 0.5) is 0 Å². The highest BCUT2D eigenvalue weighted by Crippen LogP contribution is 2.42. The van der Waals surface area contributed by atoms with E-state index in [2.05, 4.69) is 109 Å². The van der Waals surface area contributed by atoms with Gasteiger partial charge in [0.15, 0.2) is 0 Å². The van der Waals surface area contributed by atoms with Gasteiger partial charge in [0, 0.05) is 57.0 Å². The van der Waals surface area contributed by atoms with Gasteiger partial charge in [-0.15, -0.1) is 22.7 Å². The molecule has 2 heterocycles. The van der Waals surface area contributed by atoms with E-state index < -0.39 is 0 Å². The van der Waals surface area contributed by atoms with Crippen molar-refractivity contribution in [2.45, 2.75) is 0 Å². The van der Waals surface area contributed by atoms with Crippen LogP contribution in [0.25, 0.3) is 73.7 Å². The number of hydrogen-bond donors (Lipinski definition) is 0. The highest BCUT2D eigenvalue weighted by molar-refractivity contribution is 7.26. The Kier molecular flexibility index (Phi) is 5.66. The lowest BCUT2D eigenvalue weighted by Crippen LogP contribution is -1.94. The number of nitriles is 2. The maximum atomic E-state index is 10.6. The third-order valence-corrected chi connectivity index (χ3v) is 10.3. The Bertz CT molecular complexity index is 2450. The van der Waals surface area contributed by atoms with Crippen molar-refractivity contribution in [1.82, 2.24) is 0 Å². The van der Waals surface area contributed by atoms with Gasteiger partial charge in [0.2, 0.25) is 0 Å². The Hall–Kier alpha value is -5.26. The summed E-state index contributed by atoms with van der Waals surface area (Å²) in [7, 11) is 0. The Morgan fingerprint density at radius 2 is 1.02 bits per heavy atom. The van der Waals surface area contributed by atoms with Crippen LogP contribution in [0.3, 0.4) is 0 Å². The Morgan fingerprint density at radius 1 is 0.405 bits per heavy atom. The van der Waals surface area contributed by atoms with Crippen LogP contribution in [0.1, 0.15) is 11.1 Å². The minimum atomic E-state index is 0.552. The number of rotatable bonds is 3. The number of nitrogens with zero attached hydrogens (tertiary/aromatic N) is 2. The van der Waals surface area contributed by atoms with Gasteiger partial charge < -0.3 is 0 Å². The van der Waals surface area contributed by atoms with Gasteiger partial charge in [-0.1, -0.05) is 72.8 Å². The molecule has 0 N–H and O–H groups in total. The smallest absolute Gasteiger partial charge is 0.100 e. The van der Waals surface area contributed by atoms with E-state index in [0.717, 1.165) is 33.4 Å². The first kappa shape index (κ1) is 24.5. The minimum absolute atomic E-state index is 0.552. The second-order valence-electron chi connectivity index (χ2n) is 10.3. The highest BCUT2D eigenvalue weighted by atomic mass is 32.1. The van der Waals surface area contributed by atoms with Gasteiger partial charge >= 0.3 is 0 Å². The molecule has 0 aliphatic carbocycles. The monoisotopic (exact) mass is 568 g/mol. The number of thiophene rings is 2. The molecule has 8 aromatic rings. The average Bonchev–Trinajstić information content (AvgIpc) is 3.61. The first-order valence-corrected chi connectivity index (χ1v) is 15.3. The minimum Gasteiger partial charge on any atom is -0.192 e. The summed E-state index contributed by atoms with van der Waals surface area (Å²) < 4.78 is 4.97. The van der Waals surface area contributed by atoms with Crippen molar-refractivity contribution in [1.29, 1.82) is 10.5 Å².